The number of carbonyl (C=O) groups excluding carboxylic acids is 1. The number of para-hydroxylation sites is 1. The fourth-order valence-corrected chi connectivity index (χ4v) is 1.82. The van der Waals surface area contributed by atoms with Gasteiger partial charge in [-0.3, -0.25) is 4.79 Å². The van der Waals surface area contributed by atoms with Gasteiger partial charge in [0.15, 0.2) is 0 Å². The van der Waals surface area contributed by atoms with Crippen LogP contribution >= 0.6 is 23.2 Å². The van der Waals surface area contributed by atoms with Gasteiger partial charge in [0.25, 0.3) is 0 Å². The Bertz CT molecular complexity index is 366. The highest BCUT2D eigenvalue weighted by molar-refractivity contribution is 6.35. The van der Waals surface area contributed by atoms with E-state index in [1.54, 1.807) is 11.0 Å². The zero-order valence-electron chi connectivity index (χ0n) is 9.41. The molecule has 0 aliphatic heterocycles. The van der Waals surface area contributed by atoms with E-state index in [-0.39, 0.29) is 11.8 Å². The maximum atomic E-state index is 11.7. The average molecular weight is 260 g/mol. The first kappa shape index (κ1) is 13.3. The molecule has 0 heterocycles. The minimum atomic E-state index is -0.122. The second-order valence-electron chi connectivity index (χ2n) is 3.98. The lowest BCUT2D eigenvalue weighted by Gasteiger charge is -2.24. The molecule has 1 aromatic rings. The van der Waals surface area contributed by atoms with Gasteiger partial charge in [0.05, 0.1) is 10.7 Å². The van der Waals surface area contributed by atoms with Crippen LogP contribution in [-0.2, 0) is 4.79 Å². The summed E-state index contributed by atoms with van der Waals surface area (Å²) < 4.78 is 0. The lowest BCUT2D eigenvalue weighted by Crippen LogP contribution is -2.35. The van der Waals surface area contributed by atoms with Crippen molar-refractivity contribution in [3.8, 4) is 0 Å². The van der Waals surface area contributed by atoms with Gasteiger partial charge in [0, 0.05) is 6.54 Å². The molecule has 1 aromatic carbocycles. The lowest BCUT2D eigenvalue weighted by molar-refractivity contribution is -0.116. The van der Waals surface area contributed by atoms with Crippen molar-refractivity contribution in [1.82, 2.24) is 0 Å². The van der Waals surface area contributed by atoms with Crippen LogP contribution in [0.2, 0.25) is 5.02 Å². The highest BCUT2D eigenvalue weighted by atomic mass is 35.5. The molecule has 0 aliphatic rings. The Kier molecular flexibility index (Phi) is 5.10. The Balaban J connectivity index is 3.01. The molecule has 4 heteroatoms. The molecule has 0 saturated heterocycles. The van der Waals surface area contributed by atoms with Gasteiger partial charge in [-0.25, -0.2) is 0 Å². The summed E-state index contributed by atoms with van der Waals surface area (Å²) in [5, 5.41) is 0.571. The molecule has 16 heavy (non-hydrogen) atoms. The van der Waals surface area contributed by atoms with Crippen LogP contribution in [-0.4, -0.2) is 18.3 Å². The molecule has 0 radical (unpaired) electrons. The van der Waals surface area contributed by atoms with Crippen molar-refractivity contribution in [3.63, 3.8) is 0 Å². The zero-order chi connectivity index (χ0) is 12.1. The summed E-state index contributed by atoms with van der Waals surface area (Å²) >= 11 is 11.7. The molecule has 0 aliphatic carbocycles. The van der Waals surface area contributed by atoms with Crippen LogP contribution in [0.3, 0.4) is 0 Å². The molecular weight excluding hydrogens is 245 g/mol. The summed E-state index contributed by atoms with van der Waals surface area (Å²) in [5.74, 6) is 0.213. The fraction of sp³-hybridized carbons (Fsp3) is 0.417. The molecule has 0 aromatic heterocycles. The predicted octanol–water partition coefficient (Wildman–Crippen LogP) is 3.57. The largest absolute Gasteiger partial charge is 0.310 e. The van der Waals surface area contributed by atoms with Crippen molar-refractivity contribution in [2.75, 3.05) is 17.3 Å². The minimum Gasteiger partial charge on any atom is -0.310 e. The topological polar surface area (TPSA) is 20.3 Å². The molecule has 0 unspecified atom stereocenters. The van der Waals surface area contributed by atoms with Gasteiger partial charge in [-0.15, -0.1) is 11.6 Å². The molecule has 0 atom stereocenters. The standard InChI is InChI=1S/C12H15Cl2NO/c1-9(2)8-15(12(16)7-13)11-6-4-3-5-10(11)14/h3-6,9H,7-8H2,1-2H3. The van der Waals surface area contributed by atoms with Crippen LogP contribution in [0.4, 0.5) is 5.69 Å². The fourth-order valence-electron chi connectivity index (χ4n) is 1.44. The number of amides is 1. The Morgan fingerprint density at radius 2 is 2.00 bits per heavy atom. The molecule has 1 amide bonds. The summed E-state index contributed by atoms with van der Waals surface area (Å²) in [6.07, 6.45) is 0. The summed E-state index contributed by atoms with van der Waals surface area (Å²) in [5.41, 5.74) is 0.725. The number of hydrogen-bond acceptors (Lipinski definition) is 1. The SMILES string of the molecule is CC(C)CN(C(=O)CCl)c1ccccc1Cl. The second-order valence-corrected chi connectivity index (χ2v) is 4.66. The highest BCUT2D eigenvalue weighted by Crippen LogP contribution is 2.26. The van der Waals surface area contributed by atoms with Gasteiger partial charge in [0.1, 0.15) is 5.88 Å². The van der Waals surface area contributed by atoms with Crippen LogP contribution in [0.25, 0.3) is 0 Å². The van der Waals surface area contributed by atoms with Gasteiger partial charge in [-0.1, -0.05) is 37.6 Å². The first-order chi connectivity index (χ1) is 7.56. The predicted molar refractivity (Wildman–Crippen MR) is 69.4 cm³/mol. The van der Waals surface area contributed by atoms with Crippen molar-refractivity contribution in [2.24, 2.45) is 5.92 Å². The molecule has 0 saturated carbocycles. The minimum absolute atomic E-state index is 0.0298. The van der Waals surface area contributed by atoms with E-state index in [9.17, 15) is 4.79 Å². The number of rotatable bonds is 4. The quantitative estimate of drug-likeness (QED) is 0.758. The van der Waals surface area contributed by atoms with Crippen molar-refractivity contribution in [1.29, 1.82) is 0 Å². The van der Waals surface area contributed by atoms with Crippen molar-refractivity contribution in [3.05, 3.63) is 29.3 Å². The number of anilines is 1. The van der Waals surface area contributed by atoms with Crippen LogP contribution in [0.15, 0.2) is 24.3 Å². The number of halogens is 2. The monoisotopic (exact) mass is 259 g/mol. The number of alkyl halides is 1. The van der Waals surface area contributed by atoms with Gasteiger partial charge < -0.3 is 4.90 Å². The van der Waals surface area contributed by atoms with Crippen LogP contribution in [0, 0.1) is 5.92 Å². The van der Waals surface area contributed by atoms with E-state index in [1.165, 1.54) is 0 Å². The Hall–Kier alpha value is -0.730. The van der Waals surface area contributed by atoms with E-state index >= 15 is 0 Å². The van der Waals surface area contributed by atoms with Crippen molar-refractivity contribution < 1.29 is 4.79 Å². The third-order valence-electron chi connectivity index (χ3n) is 2.11. The molecule has 0 N–H and O–H groups in total. The lowest BCUT2D eigenvalue weighted by atomic mass is 10.2. The first-order valence-corrected chi connectivity index (χ1v) is 6.08. The second kappa shape index (κ2) is 6.12. The van der Waals surface area contributed by atoms with Gasteiger partial charge in [-0.2, -0.15) is 0 Å². The van der Waals surface area contributed by atoms with E-state index in [0.29, 0.717) is 17.5 Å². The van der Waals surface area contributed by atoms with Crippen LogP contribution in [0.1, 0.15) is 13.8 Å². The Labute approximate surface area is 106 Å². The summed E-state index contributed by atoms with van der Waals surface area (Å²) in [6.45, 7) is 4.71. The Morgan fingerprint density at radius 1 is 1.38 bits per heavy atom. The first-order valence-electron chi connectivity index (χ1n) is 5.17. The molecule has 0 fully saturated rings. The molecule has 88 valence electrons. The molecular formula is C12H15Cl2NO. The van der Waals surface area contributed by atoms with Crippen molar-refractivity contribution in [2.45, 2.75) is 13.8 Å². The van der Waals surface area contributed by atoms with E-state index in [1.807, 2.05) is 32.0 Å². The Morgan fingerprint density at radius 3 is 2.50 bits per heavy atom. The molecule has 0 spiro atoms. The number of hydrogen-bond donors (Lipinski definition) is 0. The summed E-state index contributed by atoms with van der Waals surface area (Å²) in [4.78, 5) is 13.4. The number of nitrogens with zero attached hydrogens (tertiary/aromatic N) is 1. The summed E-state index contributed by atoms with van der Waals surface area (Å²) in [7, 11) is 0. The van der Waals surface area contributed by atoms with Crippen molar-refractivity contribution >= 4 is 34.8 Å². The molecule has 0 bridgehead atoms. The van der Waals surface area contributed by atoms with E-state index in [0.717, 1.165) is 5.69 Å². The van der Waals surface area contributed by atoms with E-state index in [4.69, 9.17) is 23.2 Å². The molecule has 2 nitrogen and oxygen atoms in total. The summed E-state index contributed by atoms with van der Waals surface area (Å²) in [6, 6.07) is 7.29. The average Bonchev–Trinajstić information content (AvgIpc) is 2.26. The van der Waals surface area contributed by atoms with Gasteiger partial charge >= 0.3 is 0 Å². The maximum absolute atomic E-state index is 11.7. The smallest absolute Gasteiger partial charge is 0.241 e. The normalized spacial score (nSPS) is 10.6. The zero-order valence-corrected chi connectivity index (χ0v) is 10.9. The number of carbonyl (C=O) groups is 1. The van der Waals surface area contributed by atoms with Gasteiger partial charge in [0.2, 0.25) is 5.91 Å². The highest BCUT2D eigenvalue weighted by Gasteiger charge is 2.17. The van der Waals surface area contributed by atoms with E-state index < -0.39 is 0 Å². The number of benzene rings is 1. The third kappa shape index (κ3) is 3.39. The molecule has 1 rings (SSSR count). The van der Waals surface area contributed by atoms with Crippen LogP contribution < -0.4 is 4.90 Å². The van der Waals surface area contributed by atoms with E-state index in [2.05, 4.69) is 0 Å². The van der Waals surface area contributed by atoms with Crippen LogP contribution in [0.5, 0.6) is 0 Å². The third-order valence-corrected chi connectivity index (χ3v) is 2.65. The van der Waals surface area contributed by atoms with Gasteiger partial charge in [-0.05, 0) is 18.1 Å². The maximum Gasteiger partial charge on any atom is 0.241 e.